The van der Waals surface area contributed by atoms with Crippen molar-refractivity contribution in [3.63, 3.8) is 0 Å². The highest BCUT2D eigenvalue weighted by molar-refractivity contribution is 7.80. The van der Waals surface area contributed by atoms with E-state index >= 15 is 0 Å². The first-order valence-corrected chi connectivity index (χ1v) is 10.2. The molecule has 8 nitrogen and oxygen atoms in total. The van der Waals surface area contributed by atoms with Gasteiger partial charge in [-0.2, -0.15) is 0 Å². The monoisotopic (exact) mass is 421 g/mol. The fourth-order valence-corrected chi connectivity index (χ4v) is 3.19. The molecule has 2 N–H and O–H groups in total. The summed E-state index contributed by atoms with van der Waals surface area (Å²) >= 11 is 5.37. The van der Waals surface area contributed by atoms with E-state index in [-0.39, 0.29) is 17.4 Å². The summed E-state index contributed by atoms with van der Waals surface area (Å²) in [5.74, 6) is -0.784. The summed E-state index contributed by atoms with van der Waals surface area (Å²) in [6, 6.07) is 6.01. The smallest absolute Gasteiger partial charge is 0.308 e. The van der Waals surface area contributed by atoms with Gasteiger partial charge in [0.2, 0.25) is 5.91 Å². The van der Waals surface area contributed by atoms with Crippen LogP contribution in [0, 0.1) is 0 Å². The van der Waals surface area contributed by atoms with Crippen molar-refractivity contribution in [3.05, 3.63) is 29.8 Å². The number of rotatable bonds is 8. The van der Waals surface area contributed by atoms with Gasteiger partial charge in [0.15, 0.2) is 5.11 Å². The van der Waals surface area contributed by atoms with Gasteiger partial charge in [-0.25, -0.2) is 0 Å². The van der Waals surface area contributed by atoms with Crippen molar-refractivity contribution in [2.45, 2.75) is 39.2 Å². The van der Waals surface area contributed by atoms with Crippen LogP contribution < -0.4 is 15.4 Å². The van der Waals surface area contributed by atoms with Gasteiger partial charge in [-0.3, -0.25) is 19.7 Å². The highest BCUT2D eigenvalue weighted by Crippen LogP contribution is 2.18. The van der Waals surface area contributed by atoms with Crippen LogP contribution in [-0.2, 0) is 14.3 Å². The summed E-state index contributed by atoms with van der Waals surface area (Å²) in [5.41, 5.74) is 0.341. The number of thiocarbonyl (C=S) groups is 1. The number of carbonyl (C=O) groups excluding carboxylic acids is 3. The minimum absolute atomic E-state index is 0.0857. The normalized spacial score (nSPS) is 16.0. The average molecular weight is 422 g/mol. The maximum Gasteiger partial charge on any atom is 0.308 e. The third-order valence-corrected chi connectivity index (χ3v) is 4.70. The van der Waals surface area contributed by atoms with Crippen molar-refractivity contribution < 1.29 is 23.9 Å². The Labute approximate surface area is 175 Å². The summed E-state index contributed by atoms with van der Waals surface area (Å²) in [6.07, 6.45) is 1.53. The molecule has 1 atom stereocenters. The first kappa shape index (κ1) is 22.6. The molecule has 2 amide bonds. The van der Waals surface area contributed by atoms with Crippen LogP contribution in [0.25, 0.3) is 0 Å². The Morgan fingerprint density at radius 3 is 2.79 bits per heavy atom. The highest BCUT2D eigenvalue weighted by atomic mass is 32.1. The fraction of sp³-hybridized carbons (Fsp3) is 0.500. The molecule has 0 saturated carbocycles. The molecule has 0 spiro atoms. The molecule has 1 aliphatic heterocycles. The van der Waals surface area contributed by atoms with Gasteiger partial charge in [0.25, 0.3) is 5.91 Å². The van der Waals surface area contributed by atoms with Gasteiger partial charge >= 0.3 is 5.97 Å². The predicted molar refractivity (Wildman–Crippen MR) is 112 cm³/mol. The van der Waals surface area contributed by atoms with Crippen LogP contribution in [-0.4, -0.2) is 60.1 Å². The summed E-state index contributed by atoms with van der Waals surface area (Å²) in [6.45, 7) is 5.31. The van der Waals surface area contributed by atoms with Crippen LogP contribution in [0.15, 0.2) is 24.3 Å². The van der Waals surface area contributed by atoms with Gasteiger partial charge in [0.1, 0.15) is 11.8 Å². The molecule has 0 aromatic heterocycles. The molecule has 1 saturated heterocycles. The molecule has 0 bridgehead atoms. The Kier molecular flexibility index (Phi) is 8.85. The van der Waals surface area contributed by atoms with Crippen molar-refractivity contribution in [1.82, 2.24) is 15.5 Å². The van der Waals surface area contributed by atoms with E-state index in [9.17, 15) is 14.4 Å². The zero-order valence-corrected chi connectivity index (χ0v) is 17.5. The van der Waals surface area contributed by atoms with Gasteiger partial charge in [-0.15, -0.1) is 0 Å². The van der Waals surface area contributed by atoms with Crippen LogP contribution in [0.3, 0.4) is 0 Å². The Balaban J connectivity index is 2.05. The number of nitrogens with one attached hydrogen (secondary N) is 2. The van der Waals surface area contributed by atoms with Gasteiger partial charge in [-0.1, -0.05) is 25.5 Å². The topological polar surface area (TPSA) is 97.0 Å². The third-order valence-electron chi connectivity index (χ3n) is 4.36. The average Bonchev–Trinajstić information content (AvgIpc) is 2.70. The molecule has 9 heteroatoms. The summed E-state index contributed by atoms with van der Waals surface area (Å²) in [7, 11) is 0. The molecular weight excluding hydrogens is 394 g/mol. The van der Waals surface area contributed by atoms with Crippen molar-refractivity contribution in [2.24, 2.45) is 0 Å². The van der Waals surface area contributed by atoms with E-state index < -0.39 is 17.9 Å². The molecule has 1 aliphatic rings. The SMILES string of the molecule is CCCCOC(=O)CC1C(=O)NCCN1C(=S)NC(=O)c1ccccc1OCC. The second-order valence-corrected chi connectivity index (χ2v) is 6.85. The molecule has 158 valence electrons. The fourth-order valence-electron chi connectivity index (χ4n) is 2.88. The van der Waals surface area contributed by atoms with Crippen molar-refractivity contribution in [1.29, 1.82) is 0 Å². The Hall–Kier alpha value is -2.68. The quantitative estimate of drug-likeness (QED) is 0.374. The molecule has 0 radical (unpaired) electrons. The minimum Gasteiger partial charge on any atom is -0.493 e. The zero-order chi connectivity index (χ0) is 21.2. The van der Waals surface area contributed by atoms with E-state index in [0.717, 1.165) is 12.8 Å². The summed E-state index contributed by atoms with van der Waals surface area (Å²) < 4.78 is 10.6. The van der Waals surface area contributed by atoms with Crippen LogP contribution >= 0.6 is 12.2 Å². The number of benzene rings is 1. The lowest BCUT2D eigenvalue weighted by Crippen LogP contribution is -2.60. The second kappa shape index (κ2) is 11.4. The Morgan fingerprint density at radius 1 is 1.31 bits per heavy atom. The molecule has 29 heavy (non-hydrogen) atoms. The Morgan fingerprint density at radius 2 is 2.07 bits per heavy atom. The van der Waals surface area contributed by atoms with E-state index in [2.05, 4.69) is 10.6 Å². The molecule has 1 fully saturated rings. The maximum absolute atomic E-state index is 12.7. The van der Waals surface area contributed by atoms with E-state index in [0.29, 0.717) is 37.6 Å². The summed E-state index contributed by atoms with van der Waals surface area (Å²) in [5, 5.41) is 5.45. The highest BCUT2D eigenvalue weighted by Gasteiger charge is 2.34. The Bertz CT molecular complexity index is 755. The number of carbonyl (C=O) groups is 3. The number of piperazine rings is 1. The van der Waals surface area contributed by atoms with Crippen LogP contribution in [0.4, 0.5) is 0 Å². The third kappa shape index (κ3) is 6.42. The van der Waals surface area contributed by atoms with E-state index in [1.165, 1.54) is 0 Å². The zero-order valence-electron chi connectivity index (χ0n) is 16.7. The van der Waals surface area contributed by atoms with Gasteiger partial charge in [0.05, 0.1) is 25.2 Å². The second-order valence-electron chi connectivity index (χ2n) is 6.47. The van der Waals surface area contributed by atoms with Crippen LogP contribution in [0.2, 0.25) is 0 Å². The molecular formula is C20H27N3O5S. The van der Waals surface area contributed by atoms with Crippen molar-refractivity contribution in [2.75, 3.05) is 26.3 Å². The van der Waals surface area contributed by atoms with E-state index in [4.69, 9.17) is 21.7 Å². The van der Waals surface area contributed by atoms with Crippen molar-refractivity contribution in [3.8, 4) is 5.75 Å². The summed E-state index contributed by atoms with van der Waals surface area (Å²) in [4.78, 5) is 38.6. The molecule has 1 aromatic rings. The molecule has 1 heterocycles. The number of hydrogen-bond acceptors (Lipinski definition) is 6. The van der Waals surface area contributed by atoms with E-state index in [1.807, 2.05) is 13.8 Å². The molecule has 1 unspecified atom stereocenters. The lowest BCUT2D eigenvalue weighted by atomic mass is 10.1. The van der Waals surface area contributed by atoms with Gasteiger partial charge in [-0.05, 0) is 37.7 Å². The van der Waals surface area contributed by atoms with Crippen LogP contribution in [0.5, 0.6) is 5.75 Å². The molecule has 1 aromatic carbocycles. The van der Waals surface area contributed by atoms with Gasteiger partial charge in [0, 0.05) is 13.1 Å². The lowest BCUT2D eigenvalue weighted by molar-refractivity contribution is -0.147. The van der Waals surface area contributed by atoms with Gasteiger partial charge < -0.3 is 19.7 Å². The first-order chi connectivity index (χ1) is 14.0. The first-order valence-electron chi connectivity index (χ1n) is 9.75. The van der Waals surface area contributed by atoms with E-state index in [1.54, 1.807) is 29.2 Å². The number of amides is 2. The number of unbranched alkanes of at least 4 members (excludes halogenated alkanes) is 1. The number of esters is 1. The predicted octanol–water partition coefficient (Wildman–Crippen LogP) is 1.63. The minimum atomic E-state index is -0.826. The standard InChI is InChI=1S/C20H27N3O5S/c1-3-5-12-28-17(24)13-15-19(26)21-10-11-23(15)20(29)22-18(25)14-8-6-7-9-16(14)27-4-2/h6-9,15H,3-5,10-13H2,1-2H3,(H,21,26)(H,22,25,29). The number of para-hydroxylation sites is 1. The number of nitrogens with zero attached hydrogens (tertiary/aromatic N) is 1. The maximum atomic E-state index is 12.7. The van der Waals surface area contributed by atoms with Crippen molar-refractivity contribution >= 4 is 35.1 Å². The molecule has 2 rings (SSSR count). The molecule has 0 aliphatic carbocycles. The lowest BCUT2D eigenvalue weighted by Gasteiger charge is -2.36. The number of ether oxygens (including phenoxy) is 2. The van der Waals surface area contributed by atoms with Crippen LogP contribution in [0.1, 0.15) is 43.5 Å². The number of hydrogen-bond donors (Lipinski definition) is 2. The largest absolute Gasteiger partial charge is 0.493 e.